The molecule has 0 aliphatic carbocycles. The fourth-order valence-corrected chi connectivity index (χ4v) is 1.87. The summed E-state index contributed by atoms with van der Waals surface area (Å²) in [5, 5.41) is 13.1. The molecular weight excluding hydrogens is 272 g/mol. The monoisotopic (exact) mass is 280 g/mol. The molecule has 1 aromatic carbocycles. The topological polar surface area (TPSA) is 55.1 Å². The van der Waals surface area contributed by atoms with Crippen molar-refractivity contribution in [2.45, 2.75) is 0 Å². The van der Waals surface area contributed by atoms with Crippen LogP contribution in [-0.4, -0.2) is 20.9 Å². The normalized spacial score (nSPS) is 10.4. The predicted molar refractivity (Wildman–Crippen MR) is 63.3 cm³/mol. The number of carboxylic acid groups (broad SMARTS) is 1. The van der Waals surface area contributed by atoms with Gasteiger partial charge in [0.15, 0.2) is 0 Å². The van der Waals surface area contributed by atoms with Gasteiger partial charge in [-0.2, -0.15) is 5.10 Å². The van der Waals surface area contributed by atoms with Gasteiger partial charge < -0.3 is 5.11 Å². The van der Waals surface area contributed by atoms with Crippen molar-refractivity contribution >= 4 is 21.9 Å². The zero-order valence-corrected chi connectivity index (χ0v) is 10.1. The van der Waals surface area contributed by atoms with Crippen molar-refractivity contribution in [3.63, 3.8) is 0 Å². The van der Waals surface area contributed by atoms with Crippen molar-refractivity contribution in [3.8, 4) is 11.1 Å². The zero-order chi connectivity index (χ0) is 11.7. The second-order valence-corrected chi connectivity index (χ2v) is 4.31. The summed E-state index contributed by atoms with van der Waals surface area (Å²) in [4.78, 5) is 11.1. The van der Waals surface area contributed by atoms with E-state index in [4.69, 9.17) is 5.11 Å². The van der Waals surface area contributed by atoms with Crippen molar-refractivity contribution in [2.24, 2.45) is 7.05 Å². The molecule has 4 nitrogen and oxygen atoms in total. The molecule has 0 saturated carbocycles. The molecular formula is C11H9BrN2O2. The standard InChI is InChI=1S/C11H9BrN2O2/c1-14-6-7(5-13-14)9-3-2-8(12)4-10(9)11(15)16/h2-6H,1H3,(H,15,16). The molecule has 5 heteroatoms. The number of aromatic carboxylic acids is 1. The first kappa shape index (κ1) is 10.9. The molecule has 0 fully saturated rings. The third-order valence-electron chi connectivity index (χ3n) is 2.23. The van der Waals surface area contributed by atoms with E-state index in [2.05, 4.69) is 21.0 Å². The van der Waals surface area contributed by atoms with Crippen molar-refractivity contribution in [2.75, 3.05) is 0 Å². The summed E-state index contributed by atoms with van der Waals surface area (Å²) in [6, 6.07) is 5.17. The molecule has 0 saturated heterocycles. The smallest absolute Gasteiger partial charge is 0.336 e. The van der Waals surface area contributed by atoms with Gasteiger partial charge in [-0.15, -0.1) is 0 Å². The summed E-state index contributed by atoms with van der Waals surface area (Å²) < 4.78 is 2.39. The number of nitrogens with zero attached hydrogens (tertiary/aromatic N) is 2. The van der Waals surface area contributed by atoms with Crippen LogP contribution in [0.3, 0.4) is 0 Å². The highest BCUT2D eigenvalue weighted by molar-refractivity contribution is 9.10. The number of carbonyl (C=O) groups is 1. The average Bonchev–Trinajstić information content (AvgIpc) is 2.64. The number of hydrogen-bond donors (Lipinski definition) is 1. The minimum absolute atomic E-state index is 0.266. The molecule has 1 heterocycles. The van der Waals surface area contributed by atoms with Gasteiger partial charge in [-0.3, -0.25) is 4.68 Å². The van der Waals surface area contributed by atoms with Crippen molar-refractivity contribution < 1.29 is 9.90 Å². The fraction of sp³-hybridized carbons (Fsp3) is 0.0909. The fourth-order valence-electron chi connectivity index (χ4n) is 1.51. The highest BCUT2D eigenvalue weighted by atomic mass is 79.9. The molecule has 0 spiro atoms. The summed E-state index contributed by atoms with van der Waals surface area (Å²) in [6.45, 7) is 0. The second-order valence-electron chi connectivity index (χ2n) is 3.40. The van der Waals surface area contributed by atoms with Crippen LogP contribution in [0.25, 0.3) is 11.1 Å². The molecule has 0 atom stereocenters. The maximum atomic E-state index is 11.1. The van der Waals surface area contributed by atoms with Crippen LogP contribution in [0.15, 0.2) is 35.1 Å². The molecule has 2 rings (SSSR count). The van der Waals surface area contributed by atoms with E-state index in [9.17, 15) is 4.79 Å². The highest BCUT2D eigenvalue weighted by Crippen LogP contribution is 2.26. The highest BCUT2D eigenvalue weighted by Gasteiger charge is 2.13. The van der Waals surface area contributed by atoms with Gasteiger partial charge in [0.1, 0.15) is 0 Å². The van der Waals surface area contributed by atoms with Gasteiger partial charge in [0.25, 0.3) is 0 Å². The summed E-state index contributed by atoms with van der Waals surface area (Å²) in [6.07, 6.45) is 3.44. The Labute approximate surface area is 101 Å². The number of aryl methyl sites for hydroxylation is 1. The van der Waals surface area contributed by atoms with E-state index in [1.807, 2.05) is 6.07 Å². The number of rotatable bonds is 2. The molecule has 0 bridgehead atoms. The van der Waals surface area contributed by atoms with E-state index in [1.54, 1.807) is 36.3 Å². The van der Waals surface area contributed by atoms with Crippen LogP contribution >= 0.6 is 15.9 Å². The molecule has 0 aliphatic rings. The molecule has 2 aromatic rings. The van der Waals surface area contributed by atoms with E-state index in [1.165, 1.54) is 0 Å². The first-order chi connectivity index (χ1) is 7.58. The Balaban J connectivity index is 2.60. The molecule has 1 aromatic heterocycles. The Morgan fingerprint density at radius 2 is 2.25 bits per heavy atom. The van der Waals surface area contributed by atoms with E-state index in [0.29, 0.717) is 5.56 Å². The van der Waals surface area contributed by atoms with Gasteiger partial charge in [-0.1, -0.05) is 22.0 Å². The van der Waals surface area contributed by atoms with Gasteiger partial charge in [-0.25, -0.2) is 4.79 Å². The van der Waals surface area contributed by atoms with Crippen LogP contribution in [-0.2, 0) is 7.05 Å². The van der Waals surface area contributed by atoms with E-state index in [-0.39, 0.29) is 5.56 Å². The van der Waals surface area contributed by atoms with Crippen LogP contribution in [0.1, 0.15) is 10.4 Å². The van der Waals surface area contributed by atoms with Crippen LogP contribution in [0.4, 0.5) is 0 Å². The average molecular weight is 281 g/mol. The molecule has 16 heavy (non-hydrogen) atoms. The summed E-state index contributed by atoms with van der Waals surface area (Å²) in [5.74, 6) is -0.944. The minimum atomic E-state index is -0.944. The minimum Gasteiger partial charge on any atom is -0.478 e. The van der Waals surface area contributed by atoms with Gasteiger partial charge in [0.2, 0.25) is 0 Å². The Bertz CT molecular complexity index is 549. The van der Waals surface area contributed by atoms with Gasteiger partial charge >= 0.3 is 5.97 Å². The van der Waals surface area contributed by atoms with Gasteiger partial charge in [0.05, 0.1) is 11.8 Å². The van der Waals surface area contributed by atoms with Crippen molar-refractivity contribution in [3.05, 3.63) is 40.6 Å². The SMILES string of the molecule is Cn1cc(-c2ccc(Br)cc2C(=O)O)cn1. The predicted octanol–water partition coefficient (Wildman–Crippen LogP) is 2.55. The number of halogens is 1. The lowest BCUT2D eigenvalue weighted by Gasteiger charge is -2.03. The Kier molecular flexibility index (Phi) is 2.78. The largest absolute Gasteiger partial charge is 0.478 e. The zero-order valence-electron chi connectivity index (χ0n) is 8.51. The van der Waals surface area contributed by atoms with Gasteiger partial charge in [0, 0.05) is 23.3 Å². The summed E-state index contributed by atoms with van der Waals surface area (Å²) in [5.41, 5.74) is 1.73. The quantitative estimate of drug-likeness (QED) is 0.920. The number of hydrogen-bond acceptors (Lipinski definition) is 2. The summed E-state index contributed by atoms with van der Waals surface area (Å²) in [7, 11) is 1.79. The molecule has 1 N–H and O–H groups in total. The lowest BCUT2D eigenvalue weighted by molar-refractivity contribution is 0.0697. The lowest BCUT2D eigenvalue weighted by atomic mass is 10.0. The van der Waals surface area contributed by atoms with Crippen molar-refractivity contribution in [1.29, 1.82) is 0 Å². The van der Waals surface area contributed by atoms with Crippen LogP contribution in [0.5, 0.6) is 0 Å². The van der Waals surface area contributed by atoms with E-state index < -0.39 is 5.97 Å². The molecule has 0 aliphatic heterocycles. The Morgan fingerprint density at radius 1 is 1.50 bits per heavy atom. The molecule has 0 radical (unpaired) electrons. The number of aromatic nitrogens is 2. The second kappa shape index (κ2) is 4.09. The lowest BCUT2D eigenvalue weighted by Crippen LogP contribution is -1.99. The van der Waals surface area contributed by atoms with E-state index in [0.717, 1.165) is 10.0 Å². The maximum absolute atomic E-state index is 11.1. The van der Waals surface area contributed by atoms with E-state index >= 15 is 0 Å². The molecule has 0 unspecified atom stereocenters. The number of carboxylic acids is 1. The first-order valence-corrected chi connectivity index (χ1v) is 5.39. The molecule has 0 amide bonds. The third-order valence-corrected chi connectivity index (χ3v) is 2.72. The molecule has 82 valence electrons. The Morgan fingerprint density at radius 3 is 2.81 bits per heavy atom. The first-order valence-electron chi connectivity index (χ1n) is 4.60. The van der Waals surface area contributed by atoms with Gasteiger partial charge in [-0.05, 0) is 17.7 Å². The van der Waals surface area contributed by atoms with Crippen molar-refractivity contribution in [1.82, 2.24) is 9.78 Å². The van der Waals surface area contributed by atoms with Crippen LogP contribution in [0, 0.1) is 0 Å². The number of benzene rings is 1. The summed E-state index contributed by atoms with van der Waals surface area (Å²) >= 11 is 3.26. The maximum Gasteiger partial charge on any atom is 0.336 e. The van der Waals surface area contributed by atoms with Crippen LogP contribution in [0.2, 0.25) is 0 Å². The Hall–Kier alpha value is -1.62. The third kappa shape index (κ3) is 1.99. The van der Waals surface area contributed by atoms with Crippen LogP contribution < -0.4 is 0 Å².